The standard InChI is InChI=1S/C37H56N6O5/c1-25(2)21-43(33(45)30-20-39-34(36(3,4)5)40-31(30)38-16-12-18-47-9)29-19-28(23-42(24-29)35(46)48-37(6,7)8)32(44)41-17-15-26-13-10-11-14-27(26)22-41/h10-11,13-14,20,25,28-29H,12,15-19,21-24H2,1-9H3,(H,38,39,40)/t28-,29+/m1/s1. The number of methoxy groups -OCH3 is 1. The molecule has 2 aliphatic rings. The Bertz CT molecular complexity index is 1430. The minimum absolute atomic E-state index is 0.00179. The summed E-state index contributed by atoms with van der Waals surface area (Å²) in [6.07, 6.45) is 3.10. The maximum atomic E-state index is 14.6. The Kier molecular flexibility index (Phi) is 12.1. The van der Waals surface area contributed by atoms with Gasteiger partial charge in [-0.15, -0.1) is 0 Å². The van der Waals surface area contributed by atoms with Gasteiger partial charge in [0.15, 0.2) is 0 Å². The molecule has 1 fully saturated rings. The Hall–Kier alpha value is -3.73. The Labute approximate surface area is 286 Å². The summed E-state index contributed by atoms with van der Waals surface area (Å²) in [4.78, 5) is 57.2. The lowest BCUT2D eigenvalue weighted by atomic mass is 9.90. The molecule has 3 heterocycles. The third-order valence-corrected chi connectivity index (χ3v) is 8.64. The Morgan fingerprint density at radius 1 is 1.04 bits per heavy atom. The largest absolute Gasteiger partial charge is 0.444 e. The summed E-state index contributed by atoms with van der Waals surface area (Å²) in [6.45, 7) is 19.0. The normalized spacial score (nSPS) is 18.4. The molecular formula is C37H56N6O5. The smallest absolute Gasteiger partial charge is 0.410 e. The zero-order chi connectivity index (χ0) is 35.2. The van der Waals surface area contributed by atoms with Crippen molar-refractivity contribution in [2.75, 3.05) is 51.8 Å². The van der Waals surface area contributed by atoms with Crippen molar-refractivity contribution in [2.24, 2.45) is 11.8 Å². The van der Waals surface area contributed by atoms with Crippen molar-refractivity contribution in [1.82, 2.24) is 24.7 Å². The van der Waals surface area contributed by atoms with E-state index in [-0.39, 0.29) is 36.2 Å². The van der Waals surface area contributed by atoms with E-state index in [0.29, 0.717) is 56.4 Å². The molecule has 2 aliphatic heterocycles. The van der Waals surface area contributed by atoms with E-state index in [0.717, 1.165) is 18.4 Å². The number of carbonyl (C=O) groups is 3. The van der Waals surface area contributed by atoms with Crippen molar-refractivity contribution < 1.29 is 23.9 Å². The fourth-order valence-corrected chi connectivity index (χ4v) is 6.30. The number of benzene rings is 1. The Balaban J connectivity index is 1.68. The van der Waals surface area contributed by atoms with Gasteiger partial charge < -0.3 is 29.5 Å². The van der Waals surface area contributed by atoms with Crippen molar-refractivity contribution in [3.05, 3.63) is 53.0 Å². The highest BCUT2D eigenvalue weighted by Crippen LogP contribution is 2.30. The summed E-state index contributed by atoms with van der Waals surface area (Å²) in [5, 5.41) is 3.36. The molecule has 0 bridgehead atoms. The molecule has 3 amide bonds. The van der Waals surface area contributed by atoms with Crippen LogP contribution in [-0.4, -0.2) is 101 Å². The first-order valence-corrected chi connectivity index (χ1v) is 17.3. The fourth-order valence-electron chi connectivity index (χ4n) is 6.30. The van der Waals surface area contributed by atoms with Crippen LogP contribution in [0.1, 0.15) is 95.5 Å². The number of carbonyl (C=O) groups excluding carboxylic acids is 3. The topological polar surface area (TPSA) is 117 Å². The highest BCUT2D eigenvalue weighted by molar-refractivity contribution is 5.98. The number of nitrogens with zero attached hydrogens (tertiary/aromatic N) is 5. The van der Waals surface area contributed by atoms with Crippen molar-refractivity contribution >= 4 is 23.7 Å². The molecule has 48 heavy (non-hydrogen) atoms. The number of ether oxygens (including phenoxy) is 2. The summed E-state index contributed by atoms with van der Waals surface area (Å²) >= 11 is 0. The number of aromatic nitrogens is 2. The van der Waals surface area contributed by atoms with Gasteiger partial charge in [0.2, 0.25) is 5.91 Å². The van der Waals surface area contributed by atoms with Crippen LogP contribution < -0.4 is 5.32 Å². The lowest BCUT2D eigenvalue weighted by molar-refractivity contribution is -0.139. The first-order chi connectivity index (χ1) is 22.6. The van der Waals surface area contributed by atoms with Gasteiger partial charge in [-0.25, -0.2) is 14.8 Å². The predicted octanol–water partition coefficient (Wildman–Crippen LogP) is 5.53. The Morgan fingerprint density at radius 2 is 1.75 bits per heavy atom. The average Bonchev–Trinajstić information content (AvgIpc) is 3.03. The average molecular weight is 665 g/mol. The van der Waals surface area contributed by atoms with Gasteiger partial charge in [0.1, 0.15) is 22.8 Å². The third kappa shape index (κ3) is 9.67. The maximum absolute atomic E-state index is 14.6. The number of piperidine rings is 1. The molecule has 1 saturated heterocycles. The number of nitrogens with one attached hydrogen (secondary N) is 1. The van der Waals surface area contributed by atoms with Gasteiger partial charge in [-0.2, -0.15) is 0 Å². The predicted molar refractivity (Wildman–Crippen MR) is 187 cm³/mol. The lowest BCUT2D eigenvalue weighted by Gasteiger charge is -2.44. The molecule has 2 aromatic rings. The zero-order valence-electron chi connectivity index (χ0n) is 30.5. The summed E-state index contributed by atoms with van der Waals surface area (Å²) < 4.78 is 11.0. The summed E-state index contributed by atoms with van der Waals surface area (Å²) in [5.41, 5.74) is 1.75. The highest BCUT2D eigenvalue weighted by atomic mass is 16.6. The van der Waals surface area contributed by atoms with Crippen LogP contribution in [0, 0.1) is 11.8 Å². The van der Waals surface area contributed by atoms with Crippen LogP contribution in [0.15, 0.2) is 30.5 Å². The van der Waals surface area contributed by atoms with Crippen LogP contribution in [0.3, 0.4) is 0 Å². The van der Waals surface area contributed by atoms with Gasteiger partial charge in [0.05, 0.1) is 12.0 Å². The number of rotatable bonds is 10. The summed E-state index contributed by atoms with van der Waals surface area (Å²) in [7, 11) is 1.66. The van der Waals surface area contributed by atoms with E-state index in [1.54, 1.807) is 18.2 Å². The zero-order valence-corrected chi connectivity index (χ0v) is 30.5. The van der Waals surface area contributed by atoms with E-state index >= 15 is 0 Å². The molecular weight excluding hydrogens is 608 g/mol. The minimum atomic E-state index is -0.705. The fraction of sp³-hybridized carbons (Fsp3) is 0.649. The molecule has 264 valence electrons. The maximum Gasteiger partial charge on any atom is 0.410 e. The number of hydrogen-bond acceptors (Lipinski definition) is 8. The molecule has 4 rings (SSSR count). The molecule has 0 aliphatic carbocycles. The first kappa shape index (κ1) is 37.1. The number of amides is 3. The molecule has 11 heteroatoms. The molecule has 1 N–H and O–H groups in total. The van der Waals surface area contributed by atoms with Crippen LogP contribution >= 0.6 is 0 Å². The van der Waals surface area contributed by atoms with Crippen LogP contribution in [0.2, 0.25) is 0 Å². The van der Waals surface area contributed by atoms with Crippen LogP contribution in [0.25, 0.3) is 0 Å². The van der Waals surface area contributed by atoms with Gasteiger partial charge >= 0.3 is 6.09 Å². The second-order valence-electron chi connectivity index (χ2n) is 15.6. The molecule has 0 saturated carbocycles. The molecule has 0 spiro atoms. The van der Waals surface area contributed by atoms with Crippen molar-refractivity contribution in [3.63, 3.8) is 0 Å². The van der Waals surface area contributed by atoms with E-state index in [1.165, 1.54) is 5.56 Å². The first-order valence-electron chi connectivity index (χ1n) is 17.3. The van der Waals surface area contributed by atoms with Crippen LogP contribution in [0.4, 0.5) is 10.6 Å². The molecule has 2 atom stereocenters. The van der Waals surface area contributed by atoms with Crippen molar-refractivity contribution in [1.29, 1.82) is 0 Å². The monoisotopic (exact) mass is 664 g/mol. The summed E-state index contributed by atoms with van der Waals surface area (Å²) in [5.74, 6) is 0.516. The van der Waals surface area contributed by atoms with E-state index in [2.05, 4.69) is 36.3 Å². The third-order valence-electron chi connectivity index (χ3n) is 8.64. The second-order valence-corrected chi connectivity index (χ2v) is 15.6. The summed E-state index contributed by atoms with van der Waals surface area (Å²) in [6, 6.07) is 7.80. The van der Waals surface area contributed by atoms with Crippen LogP contribution in [0.5, 0.6) is 0 Å². The SMILES string of the molecule is COCCCNc1nc(C(C)(C)C)ncc1C(=O)N(CC(C)C)[C@H]1C[C@@H](C(=O)N2CCc3ccccc3C2)CN(C(=O)OC(C)(C)C)C1. The second kappa shape index (κ2) is 15.7. The lowest BCUT2D eigenvalue weighted by Crippen LogP contribution is -2.58. The van der Waals surface area contributed by atoms with Gasteiger partial charge in [-0.3, -0.25) is 9.59 Å². The molecule has 0 unspecified atom stereocenters. The number of likely N-dealkylation sites (tertiary alicyclic amines) is 1. The number of fused-ring (bicyclic) bond motifs is 1. The molecule has 0 radical (unpaired) electrons. The van der Waals surface area contributed by atoms with E-state index in [1.807, 2.05) is 63.5 Å². The van der Waals surface area contributed by atoms with E-state index < -0.39 is 23.7 Å². The van der Waals surface area contributed by atoms with Crippen molar-refractivity contribution in [2.45, 2.75) is 98.3 Å². The molecule has 11 nitrogen and oxygen atoms in total. The number of hydrogen-bond donors (Lipinski definition) is 1. The van der Waals surface area contributed by atoms with Gasteiger partial charge in [-0.1, -0.05) is 58.9 Å². The molecule has 1 aromatic heterocycles. The highest BCUT2D eigenvalue weighted by Gasteiger charge is 2.42. The Morgan fingerprint density at radius 3 is 2.40 bits per heavy atom. The van der Waals surface area contributed by atoms with Crippen molar-refractivity contribution in [3.8, 4) is 0 Å². The van der Waals surface area contributed by atoms with Gasteiger partial charge in [-0.05, 0) is 57.1 Å². The van der Waals surface area contributed by atoms with E-state index in [4.69, 9.17) is 14.5 Å². The van der Waals surface area contributed by atoms with E-state index in [9.17, 15) is 14.4 Å². The van der Waals surface area contributed by atoms with Gasteiger partial charge in [0.25, 0.3) is 5.91 Å². The number of anilines is 1. The van der Waals surface area contributed by atoms with Crippen LogP contribution in [-0.2, 0) is 32.6 Å². The minimum Gasteiger partial charge on any atom is -0.444 e. The molecule has 1 aromatic carbocycles. The van der Waals surface area contributed by atoms with Gasteiger partial charge in [0, 0.05) is 64.6 Å². The quantitative estimate of drug-likeness (QED) is 0.330.